The average molecular weight is 259 g/mol. The second kappa shape index (κ2) is 6.34. The molecular weight excluding hydrogens is 238 g/mol. The molecule has 1 N–H and O–H groups in total. The van der Waals surface area contributed by atoms with Crippen molar-refractivity contribution in [3.63, 3.8) is 0 Å². The molecule has 0 bridgehead atoms. The molecule has 0 saturated carbocycles. The van der Waals surface area contributed by atoms with Gasteiger partial charge in [0.2, 0.25) is 10.0 Å². The fourth-order valence-electron chi connectivity index (χ4n) is 2.15. The Balaban J connectivity index is 2.47. The Morgan fingerprint density at radius 1 is 1.59 bits per heavy atom. The first kappa shape index (κ1) is 14.4. The number of hydrogen-bond donors (Lipinski definition) is 1. The highest BCUT2D eigenvalue weighted by molar-refractivity contribution is 7.90. The van der Waals surface area contributed by atoms with Crippen molar-refractivity contribution in [3.8, 4) is 6.07 Å². The van der Waals surface area contributed by atoms with E-state index < -0.39 is 15.3 Å². The molecule has 2 atom stereocenters. The van der Waals surface area contributed by atoms with Crippen LogP contribution in [-0.4, -0.2) is 45.2 Å². The lowest BCUT2D eigenvalue weighted by Crippen LogP contribution is -2.41. The van der Waals surface area contributed by atoms with Crippen molar-refractivity contribution in [2.24, 2.45) is 5.92 Å². The fourth-order valence-corrected chi connectivity index (χ4v) is 3.40. The van der Waals surface area contributed by atoms with Crippen molar-refractivity contribution in [1.29, 1.82) is 5.26 Å². The van der Waals surface area contributed by atoms with Crippen molar-refractivity contribution >= 4 is 10.0 Å². The molecule has 98 valence electrons. The molecule has 0 spiro atoms. The van der Waals surface area contributed by atoms with Crippen LogP contribution in [0, 0.1) is 17.2 Å². The van der Waals surface area contributed by atoms with Gasteiger partial charge in [-0.15, -0.1) is 0 Å². The lowest BCUT2D eigenvalue weighted by molar-refractivity contribution is 0.211. The van der Waals surface area contributed by atoms with E-state index in [1.54, 1.807) is 6.92 Å². The Kier molecular flexibility index (Phi) is 5.37. The first-order chi connectivity index (χ1) is 7.99. The van der Waals surface area contributed by atoms with E-state index in [0.717, 1.165) is 25.9 Å². The van der Waals surface area contributed by atoms with E-state index in [-0.39, 0.29) is 0 Å². The highest BCUT2D eigenvalue weighted by atomic mass is 32.2. The summed E-state index contributed by atoms with van der Waals surface area (Å²) in [6.45, 7) is 4.16. The van der Waals surface area contributed by atoms with Crippen LogP contribution in [0.5, 0.6) is 0 Å². The van der Waals surface area contributed by atoms with Gasteiger partial charge >= 0.3 is 0 Å². The first-order valence-electron chi connectivity index (χ1n) is 6.06. The minimum absolute atomic E-state index is 0.330. The summed E-state index contributed by atoms with van der Waals surface area (Å²) in [5.41, 5.74) is 0. The van der Waals surface area contributed by atoms with Crippen LogP contribution in [0.2, 0.25) is 0 Å². The number of nitriles is 1. The Morgan fingerprint density at radius 3 is 2.82 bits per heavy atom. The maximum absolute atomic E-state index is 11.8. The zero-order chi connectivity index (χ0) is 12.9. The van der Waals surface area contributed by atoms with Gasteiger partial charge in [0.25, 0.3) is 0 Å². The molecule has 17 heavy (non-hydrogen) atoms. The van der Waals surface area contributed by atoms with Crippen molar-refractivity contribution in [2.45, 2.75) is 31.4 Å². The molecule has 1 aliphatic rings. The lowest BCUT2D eigenvalue weighted by Gasteiger charge is -2.29. The van der Waals surface area contributed by atoms with E-state index >= 15 is 0 Å². The van der Waals surface area contributed by atoms with Crippen molar-refractivity contribution in [2.75, 3.05) is 26.7 Å². The zero-order valence-electron chi connectivity index (χ0n) is 10.5. The van der Waals surface area contributed by atoms with E-state index in [0.29, 0.717) is 18.9 Å². The first-order valence-corrected chi connectivity index (χ1v) is 7.61. The molecular formula is C11H21N3O2S. The van der Waals surface area contributed by atoms with Crippen molar-refractivity contribution < 1.29 is 8.42 Å². The van der Waals surface area contributed by atoms with Crippen LogP contribution in [0.1, 0.15) is 26.2 Å². The molecule has 1 saturated heterocycles. The lowest BCUT2D eigenvalue weighted by atomic mass is 9.99. The van der Waals surface area contributed by atoms with Gasteiger partial charge in [0.05, 0.1) is 6.07 Å². The van der Waals surface area contributed by atoms with E-state index in [9.17, 15) is 8.42 Å². The number of hydrogen-bond acceptors (Lipinski definition) is 4. The second-order valence-electron chi connectivity index (χ2n) is 4.69. The molecule has 1 fully saturated rings. The summed E-state index contributed by atoms with van der Waals surface area (Å²) < 4.78 is 26.1. The minimum Gasteiger partial charge on any atom is -0.306 e. The number of nitrogens with one attached hydrogen (secondary N) is 1. The summed E-state index contributed by atoms with van der Waals surface area (Å²) >= 11 is 0. The normalized spacial score (nSPS) is 24.2. The Labute approximate surface area is 104 Å². The molecule has 0 aliphatic carbocycles. The summed E-state index contributed by atoms with van der Waals surface area (Å²) in [5.74, 6) is 0.361. The molecule has 0 aromatic carbocycles. The van der Waals surface area contributed by atoms with Crippen LogP contribution in [-0.2, 0) is 10.0 Å². The summed E-state index contributed by atoms with van der Waals surface area (Å²) in [6.07, 6.45) is 2.49. The van der Waals surface area contributed by atoms with Crippen LogP contribution in [0.15, 0.2) is 0 Å². The SMILES string of the molecule is CCC(C#N)S(=O)(=O)NCC1CCCN(C)C1. The predicted molar refractivity (Wildman–Crippen MR) is 66.8 cm³/mol. The highest BCUT2D eigenvalue weighted by Crippen LogP contribution is 2.14. The van der Waals surface area contributed by atoms with Gasteiger partial charge < -0.3 is 4.90 Å². The number of rotatable bonds is 5. The summed E-state index contributed by atoms with van der Waals surface area (Å²) in [6, 6.07) is 1.83. The molecule has 0 radical (unpaired) electrons. The zero-order valence-corrected chi connectivity index (χ0v) is 11.3. The van der Waals surface area contributed by atoms with Crippen molar-refractivity contribution in [1.82, 2.24) is 9.62 Å². The van der Waals surface area contributed by atoms with Gasteiger partial charge in [0.15, 0.2) is 5.25 Å². The topological polar surface area (TPSA) is 73.2 Å². The van der Waals surface area contributed by atoms with Gasteiger partial charge in [0, 0.05) is 13.1 Å². The summed E-state index contributed by atoms with van der Waals surface area (Å²) in [7, 11) is -1.42. The largest absolute Gasteiger partial charge is 0.306 e. The Morgan fingerprint density at radius 2 is 2.29 bits per heavy atom. The molecule has 5 nitrogen and oxygen atoms in total. The smallest absolute Gasteiger partial charge is 0.227 e. The third-order valence-electron chi connectivity index (χ3n) is 3.18. The van der Waals surface area contributed by atoms with Gasteiger partial charge in [-0.3, -0.25) is 0 Å². The molecule has 0 amide bonds. The molecule has 1 heterocycles. The summed E-state index contributed by atoms with van der Waals surface area (Å²) in [5, 5.41) is 7.84. The second-order valence-corrected chi connectivity index (χ2v) is 6.64. The third-order valence-corrected chi connectivity index (χ3v) is 4.94. The predicted octanol–water partition coefficient (Wildman–Crippen LogP) is 0.550. The average Bonchev–Trinajstić information content (AvgIpc) is 2.28. The van der Waals surface area contributed by atoms with E-state index in [1.807, 2.05) is 13.1 Å². The van der Waals surface area contributed by atoms with Gasteiger partial charge in [-0.2, -0.15) is 5.26 Å². The van der Waals surface area contributed by atoms with Crippen LogP contribution < -0.4 is 4.72 Å². The Bertz CT molecular complexity index is 375. The molecule has 1 rings (SSSR count). The fraction of sp³-hybridized carbons (Fsp3) is 0.909. The monoisotopic (exact) mass is 259 g/mol. The van der Waals surface area contributed by atoms with E-state index in [1.165, 1.54) is 0 Å². The van der Waals surface area contributed by atoms with Crippen molar-refractivity contribution in [3.05, 3.63) is 0 Å². The molecule has 2 unspecified atom stereocenters. The van der Waals surface area contributed by atoms with Crippen LogP contribution in [0.4, 0.5) is 0 Å². The molecule has 6 heteroatoms. The maximum atomic E-state index is 11.8. The quantitative estimate of drug-likeness (QED) is 0.782. The molecule has 0 aromatic rings. The highest BCUT2D eigenvalue weighted by Gasteiger charge is 2.25. The van der Waals surface area contributed by atoms with Crippen LogP contribution in [0.3, 0.4) is 0 Å². The number of sulfonamides is 1. The molecule has 0 aromatic heterocycles. The van der Waals surface area contributed by atoms with Gasteiger partial charge in [-0.25, -0.2) is 13.1 Å². The number of nitrogens with zero attached hydrogens (tertiary/aromatic N) is 2. The number of likely N-dealkylation sites (tertiary alicyclic amines) is 1. The van der Waals surface area contributed by atoms with Crippen LogP contribution >= 0.6 is 0 Å². The Hall–Kier alpha value is -0.640. The summed E-state index contributed by atoms with van der Waals surface area (Å²) in [4.78, 5) is 2.21. The van der Waals surface area contributed by atoms with Gasteiger partial charge in [-0.05, 0) is 38.8 Å². The van der Waals surface area contributed by atoms with Gasteiger partial charge in [0.1, 0.15) is 0 Å². The molecule has 1 aliphatic heterocycles. The maximum Gasteiger partial charge on any atom is 0.227 e. The van der Waals surface area contributed by atoms with E-state index in [2.05, 4.69) is 9.62 Å². The van der Waals surface area contributed by atoms with Gasteiger partial charge in [-0.1, -0.05) is 6.92 Å². The minimum atomic E-state index is -3.47. The number of piperidine rings is 1. The third kappa shape index (κ3) is 4.26. The standard InChI is InChI=1S/C11H21N3O2S/c1-3-11(7-12)17(15,16)13-8-10-5-4-6-14(2)9-10/h10-11,13H,3-6,8-9H2,1-2H3. The van der Waals surface area contributed by atoms with Crippen LogP contribution in [0.25, 0.3) is 0 Å². The van der Waals surface area contributed by atoms with E-state index in [4.69, 9.17) is 5.26 Å².